The van der Waals surface area contributed by atoms with Crippen molar-refractivity contribution in [2.75, 3.05) is 0 Å². The van der Waals surface area contributed by atoms with Gasteiger partial charge in [-0.1, -0.05) is 53.2 Å². The van der Waals surface area contributed by atoms with Crippen molar-refractivity contribution < 1.29 is 4.68 Å². The summed E-state index contributed by atoms with van der Waals surface area (Å²) in [6.45, 7) is 2.12. The van der Waals surface area contributed by atoms with Crippen LogP contribution in [0.25, 0.3) is 33.2 Å². The molecule has 3 aromatic carbocycles. The highest BCUT2D eigenvalue weighted by Gasteiger charge is 2.14. The molecule has 0 amide bonds. The van der Waals surface area contributed by atoms with Gasteiger partial charge in [-0.05, 0) is 46.5 Å². The second-order valence-electron chi connectivity index (χ2n) is 6.01. The molecule has 0 saturated carbocycles. The summed E-state index contributed by atoms with van der Waals surface area (Å²) in [5.41, 5.74) is 5.80. The fourth-order valence-electron chi connectivity index (χ4n) is 3.05. The molecule has 1 aromatic heterocycles. The van der Waals surface area contributed by atoms with Gasteiger partial charge in [0.15, 0.2) is 13.4 Å². The van der Waals surface area contributed by atoms with E-state index in [1.54, 1.807) is 6.33 Å². The Morgan fingerprint density at radius 1 is 0.833 bits per heavy atom. The normalized spacial score (nSPS) is 10.9. The molecule has 0 aliphatic heterocycles. The summed E-state index contributed by atoms with van der Waals surface area (Å²) in [6.07, 6.45) is 3.42. The quantitative estimate of drug-likeness (QED) is 0.522. The maximum absolute atomic E-state index is 4.25. The predicted octanol–water partition coefficient (Wildman–Crippen LogP) is 4.10. The molecule has 4 aromatic rings. The van der Waals surface area contributed by atoms with Crippen molar-refractivity contribution in [1.29, 1.82) is 0 Å². The summed E-state index contributed by atoms with van der Waals surface area (Å²) in [6, 6.07) is 21.6. The highest BCUT2D eigenvalue weighted by atomic mass is 15.3. The van der Waals surface area contributed by atoms with Crippen LogP contribution in [0.3, 0.4) is 0 Å². The van der Waals surface area contributed by atoms with Gasteiger partial charge in [-0.15, -0.1) is 0 Å². The van der Waals surface area contributed by atoms with E-state index in [-0.39, 0.29) is 0 Å². The van der Waals surface area contributed by atoms with Crippen molar-refractivity contribution in [3.8, 4) is 22.4 Å². The molecule has 0 unspecified atom stereocenters. The Bertz CT molecular complexity index is 1040. The molecule has 0 radical (unpaired) electrons. The van der Waals surface area contributed by atoms with Crippen molar-refractivity contribution in [3.63, 3.8) is 0 Å². The van der Waals surface area contributed by atoms with Crippen LogP contribution in [0.5, 0.6) is 0 Å². The molecule has 0 N–H and O–H groups in total. The highest BCUT2D eigenvalue weighted by Crippen LogP contribution is 2.29. The third kappa shape index (κ3) is 2.54. The van der Waals surface area contributed by atoms with Gasteiger partial charge in [0.05, 0.1) is 5.56 Å². The molecule has 0 aliphatic carbocycles. The Hall–Kier alpha value is -3.07. The minimum Gasteiger partial charge on any atom is -0.232 e. The van der Waals surface area contributed by atoms with Crippen LogP contribution in [0.4, 0.5) is 0 Å². The van der Waals surface area contributed by atoms with E-state index in [9.17, 15) is 0 Å². The van der Waals surface area contributed by atoms with Crippen LogP contribution in [-0.2, 0) is 7.05 Å². The monoisotopic (exact) mass is 312 g/mol. The Labute approximate surface area is 141 Å². The van der Waals surface area contributed by atoms with Crippen molar-refractivity contribution in [3.05, 3.63) is 78.8 Å². The number of aryl methyl sites for hydroxylation is 2. The van der Waals surface area contributed by atoms with E-state index in [0.717, 1.165) is 11.3 Å². The minimum atomic E-state index is 1.01. The zero-order valence-corrected chi connectivity index (χ0v) is 13.8. The van der Waals surface area contributed by atoms with E-state index in [1.807, 2.05) is 17.9 Å². The molecule has 0 aliphatic rings. The Balaban J connectivity index is 1.87. The number of hydrogen-bond acceptors (Lipinski definition) is 2. The maximum atomic E-state index is 4.25. The van der Waals surface area contributed by atoms with Crippen LogP contribution in [-0.4, -0.2) is 10.1 Å². The van der Waals surface area contributed by atoms with Gasteiger partial charge in [-0.3, -0.25) is 0 Å². The maximum Gasteiger partial charge on any atom is 0.257 e. The lowest BCUT2D eigenvalue weighted by Crippen LogP contribution is -2.35. The van der Waals surface area contributed by atoms with E-state index >= 15 is 0 Å². The molecule has 116 valence electrons. The molecule has 3 nitrogen and oxygen atoms in total. The summed E-state index contributed by atoms with van der Waals surface area (Å²) in [5.74, 6) is 0. The zero-order chi connectivity index (χ0) is 16.5. The molecule has 1 heterocycles. The fraction of sp³-hybridized carbons (Fsp3) is 0.0952. The standard InChI is InChI=1S/C21H18N3/c1-15-7-8-19(12-20(15)21-13-22-14-23-24(21)2)18-10-9-16-5-3-4-6-17(16)11-18/h3-14H,1-2H3/q+1. The third-order valence-electron chi connectivity index (χ3n) is 4.43. The van der Waals surface area contributed by atoms with E-state index in [2.05, 4.69) is 77.7 Å². The fourth-order valence-corrected chi connectivity index (χ4v) is 3.05. The summed E-state index contributed by atoms with van der Waals surface area (Å²) in [4.78, 5) is 4.17. The van der Waals surface area contributed by atoms with Gasteiger partial charge in [0.2, 0.25) is 0 Å². The predicted molar refractivity (Wildman–Crippen MR) is 96.3 cm³/mol. The summed E-state index contributed by atoms with van der Waals surface area (Å²) in [5, 5.41) is 6.76. The lowest BCUT2D eigenvalue weighted by molar-refractivity contribution is -0.721. The van der Waals surface area contributed by atoms with Gasteiger partial charge in [0.1, 0.15) is 6.20 Å². The van der Waals surface area contributed by atoms with Crippen molar-refractivity contribution >= 4 is 10.8 Å². The average molecular weight is 312 g/mol. The van der Waals surface area contributed by atoms with Gasteiger partial charge in [0.25, 0.3) is 5.69 Å². The Morgan fingerprint density at radius 3 is 2.42 bits per heavy atom. The first-order valence-electron chi connectivity index (χ1n) is 7.99. The third-order valence-corrected chi connectivity index (χ3v) is 4.43. The molecule has 24 heavy (non-hydrogen) atoms. The van der Waals surface area contributed by atoms with E-state index in [1.165, 1.54) is 27.5 Å². The minimum absolute atomic E-state index is 1.01. The molecule has 4 rings (SSSR count). The lowest BCUT2D eigenvalue weighted by Gasteiger charge is -2.08. The molecule has 0 spiro atoms. The summed E-state index contributed by atoms with van der Waals surface area (Å²) in [7, 11) is 1.94. The van der Waals surface area contributed by atoms with Crippen molar-refractivity contribution in [2.24, 2.45) is 7.05 Å². The number of fused-ring (bicyclic) bond motifs is 1. The SMILES string of the molecule is Cc1ccc(-c2ccc3ccccc3c2)cc1-c1cncn[n+]1C. The molecule has 0 atom stereocenters. The largest absolute Gasteiger partial charge is 0.257 e. The average Bonchev–Trinajstić information content (AvgIpc) is 2.62. The van der Waals surface area contributed by atoms with Crippen LogP contribution < -0.4 is 4.68 Å². The lowest BCUT2D eigenvalue weighted by atomic mass is 9.96. The van der Waals surface area contributed by atoms with Gasteiger partial charge in [0, 0.05) is 5.10 Å². The first kappa shape index (κ1) is 14.5. The molecule has 3 heteroatoms. The van der Waals surface area contributed by atoms with Crippen LogP contribution in [0.15, 0.2) is 73.2 Å². The van der Waals surface area contributed by atoms with Crippen LogP contribution in [0.2, 0.25) is 0 Å². The summed E-state index contributed by atoms with van der Waals surface area (Å²) >= 11 is 0. The van der Waals surface area contributed by atoms with Crippen LogP contribution in [0.1, 0.15) is 5.56 Å². The Kier molecular flexibility index (Phi) is 3.54. The van der Waals surface area contributed by atoms with Crippen molar-refractivity contribution in [1.82, 2.24) is 10.1 Å². The van der Waals surface area contributed by atoms with Gasteiger partial charge in [-0.25, -0.2) is 4.98 Å². The van der Waals surface area contributed by atoms with E-state index in [0.29, 0.717) is 0 Å². The molecule has 0 saturated heterocycles. The zero-order valence-electron chi connectivity index (χ0n) is 13.8. The molecular weight excluding hydrogens is 294 g/mol. The Morgan fingerprint density at radius 2 is 1.58 bits per heavy atom. The van der Waals surface area contributed by atoms with Gasteiger partial charge >= 0.3 is 0 Å². The first-order valence-corrected chi connectivity index (χ1v) is 7.99. The van der Waals surface area contributed by atoms with Crippen LogP contribution >= 0.6 is 0 Å². The number of rotatable bonds is 2. The van der Waals surface area contributed by atoms with E-state index < -0.39 is 0 Å². The number of benzene rings is 3. The second kappa shape index (κ2) is 5.85. The number of nitrogens with zero attached hydrogens (tertiary/aromatic N) is 3. The van der Waals surface area contributed by atoms with E-state index in [4.69, 9.17) is 0 Å². The molecular formula is C21H18N3+. The van der Waals surface area contributed by atoms with Crippen molar-refractivity contribution in [2.45, 2.75) is 6.92 Å². The van der Waals surface area contributed by atoms with Gasteiger partial charge < -0.3 is 0 Å². The smallest absolute Gasteiger partial charge is 0.232 e. The first-order chi connectivity index (χ1) is 11.7. The topological polar surface area (TPSA) is 29.7 Å². The summed E-state index contributed by atoms with van der Waals surface area (Å²) < 4.78 is 1.86. The van der Waals surface area contributed by atoms with Gasteiger partial charge in [-0.2, -0.15) is 0 Å². The second-order valence-corrected chi connectivity index (χ2v) is 6.01. The number of hydrogen-bond donors (Lipinski definition) is 0. The van der Waals surface area contributed by atoms with Crippen LogP contribution in [0, 0.1) is 6.92 Å². The number of aromatic nitrogens is 3. The molecule has 0 fully saturated rings. The highest BCUT2D eigenvalue weighted by molar-refractivity contribution is 5.87. The molecule has 0 bridgehead atoms.